The molecule has 2 heteroatoms. The van der Waals surface area contributed by atoms with Crippen LogP contribution in [0, 0.1) is 13.8 Å². The number of aliphatic hydroxyl groups excluding tert-OH is 1. The van der Waals surface area contributed by atoms with E-state index in [9.17, 15) is 5.11 Å². The van der Waals surface area contributed by atoms with E-state index in [1.807, 2.05) is 32.9 Å². The largest absolute Gasteiger partial charge is 0.388 e. The van der Waals surface area contributed by atoms with Crippen LogP contribution in [0.4, 0.5) is 0 Å². The highest BCUT2D eigenvalue weighted by molar-refractivity contribution is 6.31. The van der Waals surface area contributed by atoms with E-state index >= 15 is 0 Å². The minimum Gasteiger partial charge on any atom is -0.388 e. The average molecular weight is 199 g/mol. The summed E-state index contributed by atoms with van der Waals surface area (Å²) < 4.78 is 0. The van der Waals surface area contributed by atoms with Crippen molar-refractivity contribution in [2.24, 2.45) is 0 Å². The van der Waals surface area contributed by atoms with Gasteiger partial charge >= 0.3 is 0 Å². The lowest BCUT2D eigenvalue weighted by molar-refractivity contribution is 0.173. The summed E-state index contributed by atoms with van der Waals surface area (Å²) >= 11 is 5.95. The first kappa shape index (κ1) is 10.6. The highest BCUT2D eigenvalue weighted by Gasteiger charge is 2.09. The third-order valence-electron chi connectivity index (χ3n) is 2.29. The first-order chi connectivity index (χ1) is 6.06. The van der Waals surface area contributed by atoms with E-state index in [0.29, 0.717) is 0 Å². The van der Waals surface area contributed by atoms with Crippen molar-refractivity contribution in [3.05, 3.63) is 33.8 Å². The molecular weight excluding hydrogens is 184 g/mol. The molecule has 0 amide bonds. The van der Waals surface area contributed by atoms with Crippen LogP contribution in [0.3, 0.4) is 0 Å². The van der Waals surface area contributed by atoms with Gasteiger partial charge in [0.1, 0.15) is 0 Å². The molecule has 0 saturated heterocycles. The summed E-state index contributed by atoms with van der Waals surface area (Å²) in [7, 11) is 0. The van der Waals surface area contributed by atoms with Crippen LogP contribution in [0.5, 0.6) is 0 Å². The topological polar surface area (TPSA) is 20.2 Å². The van der Waals surface area contributed by atoms with E-state index in [-0.39, 0.29) is 6.10 Å². The van der Waals surface area contributed by atoms with Crippen molar-refractivity contribution >= 4 is 11.6 Å². The summed E-state index contributed by atoms with van der Waals surface area (Å²) in [5.41, 5.74) is 3.07. The monoisotopic (exact) mass is 198 g/mol. The molecule has 1 atom stereocenters. The number of aryl methyl sites for hydroxylation is 2. The van der Waals surface area contributed by atoms with Gasteiger partial charge in [0, 0.05) is 5.02 Å². The maximum atomic E-state index is 9.68. The van der Waals surface area contributed by atoms with Crippen LogP contribution in [-0.2, 0) is 0 Å². The quantitative estimate of drug-likeness (QED) is 0.773. The predicted molar refractivity (Wildman–Crippen MR) is 56.2 cm³/mol. The minimum absolute atomic E-state index is 0.365. The number of benzene rings is 1. The molecule has 0 fully saturated rings. The number of hydrogen-bond donors (Lipinski definition) is 1. The van der Waals surface area contributed by atoms with E-state index in [2.05, 4.69) is 0 Å². The van der Waals surface area contributed by atoms with Gasteiger partial charge in [0.15, 0.2) is 0 Å². The van der Waals surface area contributed by atoms with E-state index in [1.54, 1.807) is 0 Å². The molecule has 1 aromatic carbocycles. The van der Waals surface area contributed by atoms with Crippen molar-refractivity contribution in [3.63, 3.8) is 0 Å². The van der Waals surface area contributed by atoms with Crippen molar-refractivity contribution in [1.82, 2.24) is 0 Å². The highest BCUT2D eigenvalue weighted by atomic mass is 35.5. The summed E-state index contributed by atoms with van der Waals surface area (Å²) in [5, 5.41) is 10.5. The summed E-state index contributed by atoms with van der Waals surface area (Å²) in [6.07, 6.45) is 0.373. The van der Waals surface area contributed by atoms with Gasteiger partial charge in [0.2, 0.25) is 0 Å². The van der Waals surface area contributed by atoms with Crippen LogP contribution in [0.25, 0.3) is 0 Å². The molecule has 1 nitrogen and oxygen atoms in total. The van der Waals surface area contributed by atoms with Crippen LogP contribution in [0.2, 0.25) is 5.02 Å². The molecule has 0 aliphatic carbocycles. The van der Waals surface area contributed by atoms with Crippen LogP contribution in [-0.4, -0.2) is 5.11 Å². The summed E-state index contributed by atoms with van der Waals surface area (Å²) in [6.45, 7) is 5.89. The standard InChI is InChI=1S/C11H15ClO/c1-4-11(13)9-5-8(3)10(12)6-7(9)2/h5-6,11,13H,4H2,1-3H3/t11-/m0/s1. The second-order valence-electron chi connectivity index (χ2n) is 3.38. The van der Waals surface area contributed by atoms with Crippen LogP contribution >= 0.6 is 11.6 Å². The Hall–Kier alpha value is -0.530. The fraction of sp³-hybridized carbons (Fsp3) is 0.455. The van der Waals surface area contributed by atoms with Gasteiger partial charge in [-0.05, 0) is 43.0 Å². The Balaban J connectivity index is 3.15. The van der Waals surface area contributed by atoms with Gasteiger partial charge in [-0.1, -0.05) is 24.6 Å². The van der Waals surface area contributed by atoms with Gasteiger partial charge in [0.25, 0.3) is 0 Å². The SMILES string of the molecule is CC[C@H](O)c1cc(C)c(Cl)cc1C. The zero-order valence-electron chi connectivity index (χ0n) is 8.26. The Morgan fingerprint density at radius 2 is 1.92 bits per heavy atom. The lowest BCUT2D eigenvalue weighted by Crippen LogP contribution is -1.99. The molecule has 1 aromatic rings. The first-order valence-corrected chi connectivity index (χ1v) is 4.88. The van der Waals surface area contributed by atoms with Crippen LogP contribution in [0.1, 0.15) is 36.1 Å². The third kappa shape index (κ3) is 2.23. The average Bonchev–Trinajstić information content (AvgIpc) is 2.10. The summed E-state index contributed by atoms with van der Waals surface area (Å²) in [4.78, 5) is 0. The Labute approximate surface area is 84.4 Å². The van der Waals surface area contributed by atoms with Gasteiger partial charge in [-0.2, -0.15) is 0 Å². The van der Waals surface area contributed by atoms with E-state index in [4.69, 9.17) is 11.6 Å². The van der Waals surface area contributed by atoms with Crippen molar-refractivity contribution in [2.45, 2.75) is 33.3 Å². The lowest BCUT2D eigenvalue weighted by Gasteiger charge is -2.13. The molecule has 0 bridgehead atoms. The Morgan fingerprint density at radius 3 is 2.46 bits per heavy atom. The normalized spacial score (nSPS) is 13.0. The lowest BCUT2D eigenvalue weighted by atomic mass is 9.99. The third-order valence-corrected chi connectivity index (χ3v) is 2.70. The van der Waals surface area contributed by atoms with Gasteiger partial charge < -0.3 is 5.11 Å². The molecule has 1 rings (SSSR count). The van der Waals surface area contributed by atoms with E-state index in [0.717, 1.165) is 28.1 Å². The Bertz CT molecular complexity index is 307. The van der Waals surface area contributed by atoms with E-state index < -0.39 is 0 Å². The summed E-state index contributed by atoms with van der Waals surface area (Å²) in [5.74, 6) is 0. The Kier molecular flexibility index (Phi) is 3.34. The number of rotatable bonds is 2. The minimum atomic E-state index is -0.365. The van der Waals surface area contributed by atoms with E-state index in [1.165, 1.54) is 0 Å². The zero-order valence-corrected chi connectivity index (χ0v) is 9.02. The second kappa shape index (κ2) is 4.12. The molecule has 1 N–H and O–H groups in total. The molecule has 0 aliphatic heterocycles. The molecule has 13 heavy (non-hydrogen) atoms. The molecule has 72 valence electrons. The molecule has 0 spiro atoms. The molecular formula is C11H15ClO. The van der Waals surface area contributed by atoms with Crippen molar-refractivity contribution in [2.75, 3.05) is 0 Å². The first-order valence-electron chi connectivity index (χ1n) is 4.51. The molecule has 0 heterocycles. The van der Waals surface area contributed by atoms with Crippen molar-refractivity contribution < 1.29 is 5.11 Å². The molecule has 0 radical (unpaired) electrons. The number of halogens is 1. The zero-order chi connectivity index (χ0) is 10.0. The second-order valence-corrected chi connectivity index (χ2v) is 3.79. The maximum absolute atomic E-state index is 9.68. The van der Waals surface area contributed by atoms with Crippen LogP contribution < -0.4 is 0 Å². The molecule has 0 aliphatic rings. The van der Waals surface area contributed by atoms with Gasteiger partial charge in [-0.25, -0.2) is 0 Å². The van der Waals surface area contributed by atoms with Crippen molar-refractivity contribution in [1.29, 1.82) is 0 Å². The van der Waals surface area contributed by atoms with Crippen molar-refractivity contribution in [3.8, 4) is 0 Å². The maximum Gasteiger partial charge on any atom is 0.0790 e. The fourth-order valence-electron chi connectivity index (χ4n) is 1.38. The number of aliphatic hydroxyl groups is 1. The fourth-order valence-corrected chi connectivity index (χ4v) is 1.60. The van der Waals surface area contributed by atoms with Gasteiger partial charge in [-0.3, -0.25) is 0 Å². The molecule has 0 aromatic heterocycles. The Morgan fingerprint density at radius 1 is 1.31 bits per heavy atom. The summed E-state index contributed by atoms with van der Waals surface area (Å²) in [6, 6.07) is 3.87. The van der Waals surface area contributed by atoms with Gasteiger partial charge in [0.05, 0.1) is 6.10 Å². The highest BCUT2D eigenvalue weighted by Crippen LogP contribution is 2.26. The number of hydrogen-bond acceptors (Lipinski definition) is 1. The predicted octanol–water partition coefficient (Wildman–Crippen LogP) is 3.40. The van der Waals surface area contributed by atoms with Gasteiger partial charge in [-0.15, -0.1) is 0 Å². The molecule has 0 saturated carbocycles. The molecule has 0 unspecified atom stereocenters. The van der Waals surface area contributed by atoms with Crippen LogP contribution in [0.15, 0.2) is 12.1 Å². The smallest absolute Gasteiger partial charge is 0.0790 e.